The van der Waals surface area contributed by atoms with Crippen LogP contribution in [-0.4, -0.2) is 22.3 Å². The van der Waals surface area contributed by atoms with Crippen LogP contribution in [0.5, 0.6) is 0 Å². The molecule has 6 heteroatoms. The van der Waals surface area contributed by atoms with E-state index in [1.807, 2.05) is 19.1 Å². The summed E-state index contributed by atoms with van der Waals surface area (Å²) in [7, 11) is 0. The van der Waals surface area contributed by atoms with Crippen LogP contribution in [0, 0.1) is 11.3 Å². The topological polar surface area (TPSA) is 90.1 Å². The van der Waals surface area contributed by atoms with Crippen molar-refractivity contribution in [3.63, 3.8) is 0 Å². The van der Waals surface area contributed by atoms with Gasteiger partial charge < -0.3 is 14.3 Å². The molecule has 0 fully saturated rings. The Hall–Kier alpha value is -3.59. The van der Waals surface area contributed by atoms with Crippen molar-refractivity contribution in [3.8, 4) is 17.5 Å². The van der Waals surface area contributed by atoms with Crippen molar-refractivity contribution >= 4 is 5.91 Å². The van der Waals surface area contributed by atoms with Crippen LogP contribution in [0.1, 0.15) is 34.8 Å². The second kappa shape index (κ2) is 8.19. The summed E-state index contributed by atoms with van der Waals surface area (Å²) in [6.07, 6.45) is 2.29. The average molecular weight is 361 g/mol. The summed E-state index contributed by atoms with van der Waals surface area (Å²) in [5.74, 6) is 0.211. The van der Waals surface area contributed by atoms with Crippen LogP contribution in [0.15, 0.2) is 64.0 Å². The molecular formula is C21H19N3O3. The zero-order chi connectivity index (χ0) is 19.2. The number of amides is 1. The molecule has 0 saturated heterocycles. The Morgan fingerprint density at radius 1 is 1.19 bits per heavy atom. The lowest BCUT2D eigenvalue weighted by atomic mass is 10.1. The van der Waals surface area contributed by atoms with Crippen LogP contribution >= 0.6 is 0 Å². The molecule has 3 aromatic rings. The largest absolute Gasteiger partial charge is 0.463 e. The summed E-state index contributed by atoms with van der Waals surface area (Å²) in [4.78, 5) is 29.7. The van der Waals surface area contributed by atoms with Crippen molar-refractivity contribution in [3.05, 3.63) is 81.8 Å². The Bertz CT molecular complexity index is 1010. The van der Waals surface area contributed by atoms with Crippen LogP contribution in [-0.2, 0) is 6.54 Å². The number of nitrogens with zero attached hydrogens (tertiary/aromatic N) is 2. The maximum Gasteiger partial charge on any atom is 0.261 e. The zero-order valence-corrected chi connectivity index (χ0v) is 14.9. The van der Waals surface area contributed by atoms with Gasteiger partial charge in [-0.3, -0.25) is 9.59 Å². The van der Waals surface area contributed by atoms with Crippen LogP contribution in [0.4, 0.5) is 0 Å². The average Bonchev–Trinajstić information content (AvgIpc) is 3.22. The highest BCUT2D eigenvalue weighted by Gasteiger charge is 2.19. The van der Waals surface area contributed by atoms with Crippen LogP contribution in [0.25, 0.3) is 11.5 Å². The summed E-state index contributed by atoms with van der Waals surface area (Å²) < 4.78 is 5.27. The van der Waals surface area contributed by atoms with E-state index in [0.29, 0.717) is 30.1 Å². The van der Waals surface area contributed by atoms with Gasteiger partial charge in [-0.25, -0.2) is 0 Å². The number of nitriles is 1. The standard InChI is InChI=1S/C21H19N3O3/c1-2-11-24(14-16-7-5-15(13-22)6-8-16)21(26)17-9-10-18(23-20(17)25)19-4-3-12-27-19/h3-10,12H,2,11,14H2,1H3,(H,23,25). The maximum atomic E-state index is 12.9. The summed E-state index contributed by atoms with van der Waals surface area (Å²) in [6, 6.07) is 15.8. The fourth-order valence-electron chi connectivity index (χ4n) is 2.82. The molecule has 1 amide bonds. The van der Waals surface area contributed by atoms with Crippen molar-refractivity contribution in [2.45, 2.75) is 19.9 Å². The Kier molecular flexibility index (Phi) is 5.53. The number of hydrogen-bond donors (Lipinski definition) is 1. The zero-order valence-electron chi connectivity index (χ0n) is 14.9. The summed E-state index contributed by atoms with van der Waals surface area (Å²) >= 11 is 0. The Labute approximate surface area is 156 Å². The molecule has 0 aliphatic heterocycles. The lowest BCUT2D eigenvalue weighted by Gasteiger charge is -2.22. The third-order valence-corrected chi connectivity index (χ3v) is 4.16. The number of furan rings is 1. The molecule has 6 nitrogen and oxygen atoms in total. The first kappa shape index (κ1) is 18.2. The number of H-pyrrole nitrogens is 1. The molecule has 136 valence electrons. The fraction of sp³-hybridized carbons (Fsp3) is 0.190. The molecular weight excluding hydrogens is 342 g/mol. The van der Waals surface area contributed by atoms with Crippen molar-refractivity contribution in [1.29, 1.82) is 5.26 Å². The number of benzene rings is 1. The number of carbonyl (C=O) groups excluding carboxylic acids is 1. The highest BCUT2D eigenvalue weighted by molar-refractivity contribution is 5.94. The molecule has 0 bridgehead atoms. The predicted octanol–water partition coefficient (Wildman–Crippen LogP) is 3.56. The van der Waals surface area contributed by atoms with Gasteiger partial charge in [0.15, 0.2) is 0 Å². The van der Waals surface area contributed by atoms with Gasteiger partial charge in [0.05, 0.1) is 23.6 Å². The first-order valence-electron chi connectivity index (χ1n) is 8.68. The van der Waals surface area contributed by atoms with Gasteiger partial charge in [-0.15, -0.1) is 0 Å². The second-order valence-electron chi connectivity index (χ2n) is 6.13. The molecule has 3 rings (SSSR count). The molecule has 1 N–H and O–H groups in total. The smallest absolute Gasteiger partial charge is 0.261 e. The lowest BCUT2D eigenvalue weighted by Crippen LogP contribution is -2.35. The van der Waals surface area contributed by atoms with Crippen molar-refractivity contribution in [1.82, 2.24) is 9.88 Å². The number of aromatic nitrogens is 1. The van der Waals surface area contributed by atoms with Gasteiger partial charge >= 0.3 is 0 Å². The molecule has 0 saturated carbocycles. The molecule has 2 heterocycles. The predicted molar refractivity (Wildman–Crippen MR) is 101 cm³/mol. The third-order valence-electron chi connectivity index (χ3n) is 4.16. The van der Waals surface area contributed by atoms with Crippen molar-refractivity contribution in [2.24, 2.45) is 0 Å². The third kappa shape index (κ3) is 4.15. The van der Waals surface area contributed by atoms with Gasteiger partial charge in [-0.05, 0) is 48.4 Å². The van der Waals surface area contributed by atoms with Crippen LogP contribution < -0.4 is 5.56 Å². The van der Waals surface area contributed by atoms with E-state index >= 15 is 0 Å². The lowest BCUT2D eigenvalue weighted by molar-refractivity contribution is 0.0741. The molecule has 0 aliphatic carbocycles. The monoisotopic (exact) mass is 361 g/mol. The SMILES string of the molecule is CCCN(Cc1ccc(C#N)cc1)C(=O)c1ccc(-c2ccco2)[nH]c1=O. The number of nitrogens with one attached hydrogen (secondary N) is 1. The van der Waals surface area contributed by atoms with Crippen LogP contribution in [0.3, 0.4) is 0 Å². The van der Waals surface area contributed by atoms with Gasteiger partial charge in [-0.2, -0.15) is 5.26 Å². The van der Waals surface area contributed by atoms with E-state index in [0.717, 1.165) is 12.0 Å². The van der Waals surface area contributed by atoms with Gasteiger partial charge in [0, 0.05) is 13.1 Å². The number of rotatable bonds is 6. The van der Waals surface area contributed by atoms with Crippen molar-refractivity contribution < 1.29 is 9.21 Å². The first-order valence-corrected chi connectivity index (χ1v) is 8.68. The molecule has 1 aromatic carbocycles. The Morgan fingerprint density at radius 2 is 1.96 bits per heavy atom. The number of aromatic amines is 1. The highest BCUT2D eigenvalue weighted by Crippen LogP contribution is 2.16. The van der Waals surface area contributed by atoms with E-state index in [1.165, 1.54) is 12.3 Å². The minimum Gasteiger partial charge on any atom is -0.463 e. The van der Waals surface area contributed by atoms with Gasteiger partial charge in [0.25, 0.3) is 11.5 Å². The minimum absolute atomic E-state index is 0.0902. The van der Waals surface area contributed by atoms with Crippen LogP contribution in [0.2, 0.25) is 0 Å². The quantitative estimate of drug-likeness (QED) is 0.727. The van der Waals surface area contributed by atoms with E-state index < -0.39 is 5.56 Å². The summed E-state index contributed by atoms with van der Waals surface area (Å²) in [6.45, 7) is 2.87. The van der Waals surface area contributed by atoms with E-state index in [9.17, 15) is 9.59 Å². The molecule has 0 aliphatic rings. The minimum atomic E-state index is -0.449. The fourth-order valence-corrected chi connectivity index (χ4v) is 2.82. The number of hydrogen-bond acceptors (Lipinski definition) is 4. The highest BCUT2D eigenvalue weighted by atomic mass is 16.3. The molecule has 0 radical (unpaired) electrons. The Balaban J connectivity index is 1.84. The molecule has 0 unspecified atom stereocenters. The normalized spacial score (nSPS) is 10.4. The Morgan fingerprint density at radius 3 is 2.56 bits per heavy atom. The van der Waals surface area contributed by atoms with E-state index in [4.69, 9.17) is 9.68 Å². The number of pyridine rings is 1. The van der Waals surface area contributed by atoms with E-state index in [2.05, 4.69) is 11.1 Å². The molecule has 2 aromatic heterocycles. The van der Waals surface area contributed by atoms with Gasteiger partial charge in [0.2, 0.25) is 0 Å². The van der Waals surface area contributed by atoms with Gasteiger partial charge in [0.1, 0.15) is 11.3 Å². The number of carbonyl (C=O) groups is 1. The second-order valence-corrected chi connectivity index (χ2v) is 6.13. The molecule has 27 heavy (non-hydrogen) atoms. The van der Waals surface area contributed by atoms with Crippen molar-refractivity contribution in [2.75, 3.05) is 6.54 Å². The van der Waals surface area contributed by atoms with E-state index in [-0.39, 0.29) is 11.5 Å². The van der Waals surface area contributed by atoms with Gasteiger partial charge in [-0.1, -0.05) is 19.1 Å². The molecule has 0 spiro atoms. The molecule has 0 atom stereocenters. The van der Waals surface area contributed by atoms with E-state index in [1.54, 1.807) is 35.2 Å². The summed E-state index contributed by atoms with van der Waals surface area (Å²) in [5, 5.41) is 8.89. The maximum absolute atomic E-state index is 12.9. The summed E-state index contributed by atoms with van der Waals surface area (Å²) in [5.41, 5.74) is 1.63. The first-order chi connectivity index (χ1) is 13.1.